The van der Waals surface area contributed by atoms with Crippen LogP contribution in [0.25, 0.3) is 15.9 Å². The summed E-state index contributed by atoms with van der Waals surface area (Å²) in [5.74, 6) is -0.390. The lowest BCUT2D eigenvalue weighted by Crippen LogP contribution is -2.40. The number of aryl methyl sites for hydroxylation is 2. The van der Waals surface area contributed by atoms with E-state index in [0.717, 1.165) is 15.7 Å². The molecule has 0 saturated heterocycles. The van der Waals surface area contributed by atoms with E-state index < -0.39 is 11.2 Å². The Hall–Kier alpha value is -3.16. The minimum Gasteiger partial charge on any atom is -0.324 e. The zero-order chi connectivity index (χ0) is 21.4. The van der Waals surface area contributed by atoms with Gasteiger partial charge in [0, 0.05) is 10.7 Å². The molecule has 152 valence electrons. The summed E-state index contributed by atoms with van der Waals surface area (Å²) in [6.45, 7) is 3.52. The fraction of sp³-hybridized carbons (Fsp3) is 0.136. The highest BCUT2D eigenvalue weighted by Crippen LogP contribution is 2.20. The van der Waals surface area contributed by atoms with Crippen molar-refractivity contribution in [2.75, 3.05) is 5.32 Å². The van der Waals surface area contributed by atoms with E-state index >= 15 is 0 Å². The van der Waals surface area contributed by atoms with E-state index in [4.69, 9.17) is 11.6 Å². The van der Waals surface area contributed by atoms with E-state index in [2.05, 4.69) is 5.32 Å². The number of halogens is 1. The number of hydrogen-bond donors (Lipinski definition) is 1. The van der Waals surface area contributed by atoms with Crippen molar-refractivity contribution in [2.24, 2.45) is 0 Å². The SMILES string of the molecule is Cc1cccc(-n2c(=O)c3sccc3n(CC(=O)Nc3ccc(C)c(Cl)c3)c2=O)c1. The van der Waals surface area contributed by atoms with Crippen LogP contribution in [0.2, 0.25) is 5.02 Å². The van der Waals surface area contributed by atoms with Gasteiger partial charge in [0.15, 0.2) is 0 Å². The molecule has 0 aliphatic carbocycles. The zero-order valence-electron chi connectivity index (χ0n) is 16.3. The molecular formula is C22H18ClN3O3S. The number of aromatic nitrogens is 2. The second-order valence-corrected chi connectivity index (χ2v) is 8.32. The van der Waals surface area contributed by atoms with Crippen LogP contribution in [-0.4, -0.2) is 15.0 Å². The van der Waals surface area contributed by atoms with Crippen LogP contribution in [0.5, 0.6) is 0 Å². The third-order valence-electron chi connectivity index (χ3n) is 4.77. The fourth-order valence-corrected chi connectivity index (χ4v) is 4.25. The van der Waals surface area contributed by atoms with Crippen molar-refractivity contribution in [3.8, 4) is 5.69 Å². The number of thiophene rings is 1. The second kappa shape index (κ2) is 7.93. The molecule has 1 N–H and O–H groups in total. The summed E-state index contributed by atoms with van der Waals surface area (Å²) < 4.78 is 2.85. The van der Waals surface area contributed by atoms with Crippen molar-refractivity contribution in [1.82, 2.24) is 9.13 Å². The maximum atomic E-state index is 13.2. The highest BCUT2D eigenvalue weighted by molar-refractivity contribution is 7.17. The first kappa shape index (κ1) is 20.1. The monoisotopic (exact) mass is 439 g/mol. The maximum absolute atomic E-state index is 13.2. The lowest BCUT2D eigenvalue weighted by Gasteiger charge is -2.13. The van der Waals surface area contributed by atoms with Gasteiger partial charge in [-0.2, -0.15) is 0 Å². The van der Waals surface area contributed by atoms with Crippen LogP contribution in [0.4, 0.5) is 5.69 Å². The Morgan fingerprint density at radius 3 is 2.63 bits per heavy atom. The average molecular weight is 440 g/mol. The number of rotatable bonds is 4. The van der Waals surface area contributed by atoms with Gasteiger partial charge in [-0.05, 0) is 60.7 Å². The quantitative estimate of drug-likeness (QED) is 0.519. The lowest BCUT2D eigenvalue weighted by atomic mass is 10.2. The molecule has 0 fully saturated rings. The standard InChI is InChI=1S/C22H18ClN3O3S/c1-13-4-3-5-16(10-13)26-21(28)20-18(8-9-30-20)25(22(26)29)12-19(27)24-15-7-6-14(2)17(23)11-15/h3-11H,12H2,1-2H3,(H,24,27). The van der Waals surface area contributed by atoms with E-state index in [1.54, 1.807) is 47.8 Å². The number of benzene rings is 2. The normalized spacial score (nSPS) is 11.0. The highest BCUT2D eigenvalue weighted by Gasteiger charge is 2.17. The molecule has 0 atom stereocenters. The Morgan fingerprint density at radius 1 is 1.10 bits per heavy atom. The Morgan fingerprint density at radius 2 is 1.90 bits per heavy atom. The summed E-state index contributed by atoms with van der Waals surface area (Å²) in [6.07, 6.45) is 0. The molecule has 0 radical (unpaired) electrons. The maximum Gasteiger partial charge on any atom is 0.336 e. The van der Waals surface area contributed by atoms with Gasteiger partial charge in [0.25, 0.3) is 5.56 Å². The van der Waals surface area contributed by atoms with Crippen molar-refractivity contribution < 1.29 is 4.79 Å². The van der Waals surface area contributed by atoms with Crippen molar-refractivity contribution in [1.29, 1.82) is 0 Å². The van der Waals surface area contributed by atoms with Crippen LogP contribution in [0.3, 0.4) is 0 Å². The van der Waals surface area contributed by atoms with Crippen LogP contribution >= 0.6 is 22.9 Å². The number of hydrogen-bond acceptors (Lipinski definition) is 4. The molecule has 0 unspecified atom stereocenters. The summed E-state index contributed by atoms with van der Waals surface area (Å²) >= 11 is 7.36. The molecule has 4 rings (SSSR count). The van der Waals surface area contributed by atoms with Crippen LogP contribution in [0.1, 0.15) is 11.1 Å². The number of nitrogens with zero attached hydrogens (tertiary/aromatic N) is 2. The van der Waals surface area contributed by atoms with Crippen LogP contribution in [-0.2, 0) is 11.3 Å². The molecule has 0 spiro atoms. The first-order valence-corrected chi connectivity index (χ1v) is 10.5. The predicted octanol–water partition coefficient (Wildman–Crippen LogP) is 4.12. The van der Waals surface area contributed by atoms with Crippen LogP contribution in [0, 0.1) is 13.8 Å². The zero-order valence-corrected chi connectivity index (χ0v) is 17.9. The van der Waals surface area contributed by atoms with Crippen LogP contribution in [0.15, 0.2) is 63.5 Å². The van der Waals surface area contributed by atoms with Gasteiger partial charge in [-0.3, -0.25) is 14.2 Å². The molecule has 8 heteroatoms. The minimum atomic E-state index is -0.561. The Labute approximate surface area is 181 Å². The van der Waals surface area contributed by atoms with E-state index in [1.165, 1.54) is 15.9 Å². The predicted molar refractivity (Wildman–Crippen MR) is 121 cm³/mol. The average Bonchev–Trinajstić information content (AvgIpc) is 3.18. The van der Waals surface area contributed by atoms with Crippen molar-refractivity contribution in [3.63, 3.8) is 0 Å². The highest BCUT2D eigenvalue weighted by atomic mass is 35.5. The lowest BCUT2D eigenvalue weighted by molar-refractivity contribution is -0.116. The number of carbonyl (C=O) groups is 1. The molecule has 2 heterocycles. The number of carbonyl (C=O) groups excluding carboxylic acids is 1. The molecule has 0 bridgehead atoms. The Bertz CT molecular complexity index is 1400. The smallest absolute Gasteiger partial charge is 0.324 e. The van der Waals surface area contributed by atoms with Gasteiger partial charge in [0.2, 0.25) is 5.91 Å². The minimum absolute atomic E-state index is 0.232. The number of fused-ring (bicyclic) bond motifs is 1. The van der Waals surface area contributed by atoms with Crippen molar-refractivity contribution in [3.05, 3.63) is 90.9 Å². The summed E-state index contributed by atoms with van der Waals surface area (Å²) in [6, 6.07) is 14.0. The molecule has 1 amide bonds. The molecule has 0 saturated carbocycles. The first-order chi connectivity index (χ1) is 14.3. The number of amides is 1. The van der Waals surface area contributed by atoms with E-state index in [0.29, 0.717) is 26.6 Å². The summed E-state index contributed by atoms with van der Waals surface area (Å²) in [5, 5.41) is 5.03. The largest absolute Gasteiger partial charge is 0.336 e. The van der Waals surface area contributed by atoms with Gasteiger partial charge in [0.1, 0.15) is 11.2 Å². The molecular weight excluding hydrogens is 422 g/mol. The van der Waals surface area contributed by atoms with Crippen LogP contribution < -0.4 is 16.6 Å². The fourth-order valence-electron chi connectivity index (χ4n) is 3.25. The van der Waals surface area contributed by atoms with Gasteiger partial charge < -0.3 is 5.32 Å². The molecule has 0 aliphatic heterocycles. The topological polar surface area (TPSA) is 73.1 Å². The summed E-state index contributed by atoms with van der Waals surface area (Å²) in [5.41, 5.74) is 2.32. The molecule has 30 heavy (non-hydrogen) atoms. The van der Waals surface area contributed by atoms with E-state index in [-0.39, 0.29) is 12.5 Å². The molecule has 6 nitrogen and oxygen atoms in total. The van der Waals surface area contributed by atoms with E-state index in [9.17, 15) is 14.4 Å². The van der Waals surface area contributed by atoms with Gasteiger partial charge in [-0.15, -0.1) is 11.3 Å². The number of anilines is 1. The number of nitrogens with one attached hydrogen (secondary N) is 1. The van der Waals surface area contributed by atoms with Gasteiger partial charge >= 0.3 is 5.69 Å². The molecule has 0 aliphatic rings. The van der Waals surface area contributed by atoms with Crippen molar-refractivity contribution >= 4 is 44.7 Å². The van der Waals surface area contributed by atoms with Gasteiger partial charge in [-0.1, -0.05) is 29.8 Å². The summed E-state index contributed by atoms with van der Waals surface area (Å²) in [7, 11) is 0. The van der Waals surface area contributed by atoms with Gasteiger partial charge in [0.05, 0.1) is 11.2 Å². The molecule has 4 aromatic rings. The van der Waals surface area contributed by atoms with Gasteiger partial charge in [-0.25, -0.2) is 9.36 Å². The Kier molecular flexibility index (Phi) is 5.32. The first-order valence-electron chi connectivity index (χ1n) is 9.21. The van der Waals surface area contributed by atoms with Crippen molar-refractivity contribution in [2.45, 2.75) is 20.4 Å². The third-order valence-corrected chi connectivity index (χ3v) is 6.07. The molecule has 2 aromatic carbocycles. The summed E-state index contributed by atoms with van der Waals surface area (Å²) in [4.78, 5) is 38.9. The molecule has 2 aromatic heterocycles. The second-order valence-electron chi connectivity index (χ2n) is 7.00. The third kappa shape index (κ3) is 3.69. The Balaban J connectivity index is 1.78. The van der Waals surface area contributed by atoms with E-state index in [1.807, 2.05) is 19.9 Å².